The highest BCUT2D eigenvalue weighted by atomic mass is 16.5. The summed E-state index contributed by atoms with van der Waals surface area (Å²) in [4.78, 5) is 21.3. The Hall–Kier alpha value is -2.03. The average molecular weight is 359 g/mol. The maximum absolute atomic E-state index is 13.0. The van der Waals surface area contributed by atoms with Crippen LogP contribution in [0.3, 0.4) is 0 Å². The molecule has 1 amide bonds. The Morgan fingerprint density at radius 1 is 1.35 bits per heavy atom. The molecule has 0 radical (unpaired) electrons. The third-order valence-corrected chi connectivity index (χ3v) is 5.63. The van der Waals surface area contributed by atoms with Crippen LogP contribution < -0.4 is 0 Å². The van der Waals surface area contributed by atoms with Crippen LogP contribution in [0.4, 0.5) is 0 Å². The van der Waals surface area contributed by atoms with E-state index in [-0.39, 0.29) is 18.0 Å². The highest BCUT2D eigenvalue weighted by Gasteiger charge is 2.39. The molecule has 8 heteroatoms. The molecule has 3 heterocycles. The van der Waals surface area contributed by atoms with E-state index < -0.39 is 6.10 Å². The van der Waals surface area contributed by atoms with E-state index in [0.717, 1.165) is 32.4 Å². The highest BCUT2D eigenvalue weighted by Crippen LogP contribution is 2.28. The lowest BCUT2D eigenvalue weighted by atomic mass is 9.86. The molecule has 0 unspecified atom stereocenters. The van der Waals surface area contributed by atoms with Gasteiger partial charge < -0.3 is 14.7 Å². The molecule has 4 rings (SSSR count). The first kappa shape index (κ1) is 17.4. The van der Waals surface area contributed by atoms with E-state index in [1.165, 1.54) is 0 Å². The Bertz CT molecular complexity index is 773. The van der Waals surface area contributed by atoms with Crippen molar-refractivity contribution in [3.63, 3.8) is 0 Å². The molecule has 1 aliphatic heterocycles. The molecule has 0 aromatic carbocycles. The lowest BCUT2D eigenvalue weighted by Gasteiger charge is -2.45. The number of hydrogen-bond acceptors (Lipinski definition) is 6. The number of likely N-dealkylation sites (N-methyl/N-ethyl adjacent to an activating group) is 1. The van der Waals surface area contributed by atoms with Crippen molar-refractivity contribution in [1.29, 1.82) is 0 Å². The molecule has 2 aromatic heterocycles. The number of fused-ring (bicyclic) bond motifs is 1. The van der Waals surface area contributed by atoms with E-state index >= 15 is 0 Å². The van der Waals surface area contributed by atoms with Crippen LogP contribution in [-0.2, 0) is 4.74 Å². The minimum Gasteiger partial charge on any atom is -0.389 e. The summed E-state index contributed by atoms with van der Waals surface area (Å²) in [7, 11) is 1.77. The van der Waals surface area contributed by atoms with Crippen molar-refractivity contribution in [2.75, 3.05) is 33.4 Å². The summed E-state index contributed by atoms with van der Waals surface area (Å²) in [5.74, 6) is -0.148. The van der Waals surface area contributed by atoms with Crippen molar-refractivity contribution < 1.29 is 14.6 Å². The van der Waals surface area contributed by atoms with Gasteiger partial charge in [0.15, 0.2) is 5.65 Å². The molecule has 8 nitrogen and oxygen atoms in total. The number of ether oxygens (including phenoxy) is 1. The zero-order chi connectivity index (χ0) is 18.1. The SMILES string of the molecule is CN(C(=O)c1cnn2cccnc12)[C@@H]1CCC[C@@H](N2CCOCC2)[C@@H]1O. The van der Waals surface area contributed by atoms with Crippen molar-refractivity contribution in [2.45, 2.75) is 37.5 Å². The number of rotatable bonds is 3. The van der Waals surface area contributed by atoms with Crippen LogP contribution in [0, 0.1) is 0 Å². The number of carbonyl (C=O) groups is 1. The minimum atomic E-state index is -0.564. The molecule has 0 bridgehead atoms. The predicted octanol–water partition coefficient (Wildman–Crippen LogP) is 0.415. The molecule has 2 aliphatic rings. The first-order valence-electron chi connectivity index (χ1n) is 9.22. The van der Waals surface area contributed by atoms with Gasteiger partial charge >= 0.3 is 0 Å². The van der Waals surface area contributed by atoms with Crippen molar-refractivity contribution in [3.05, 3.63) is 30.2 Å². The fourth-order valence-electron chi connectivity index (χ4n) is 4.18. The fourth-order valence-corrected chi connectivity index (χ4v) is 4.18. The summed E-state index contributed by atoms with van der Waals surface area (Å²) >= 11 is 0. The lowest BCUT2D eigenvalue weighted by molar-refractivity contribution is -0.0613. The predicted molar refractivity (Wildman–Crippen MR) is 94.9 cm³/mol. The third kappa shape index (κ3) is 3.08. The molecule has 140 valence electrons. The molecular weight excluding hydrogens is 334 g/mol. The second-order valence-electron chi connectivity index (χ2n) is 7.07. The smallest absolute Gasteiger partial charge is 0.259 e. The Morgan fingerprint density at radius 3 is 2.96 bits per heavy atom. The van der Waals surface area contributed by atoms with E-state index in [0.29, 0.717) is 24.4 Å². The molecule has 0 spiro atoms. The van der Waals surface area contributed by atoms with Crippen molar-refractivity contribution in [3.8, 4) is 0 Å². The molecule has 1 N–H and O–H groups in total. The standard InChI is InChI=1S/C18H25N5O3/c1-21(18(25)13-12-20-23-7-3-6-19-17(13)23)14-4-2-5-15(16(14)24)22-8-10-26-11-9-22/h3,6-7,12,14-16,24H,2,4-5,8-11H2,1H3/t14-,15-,16-/m1/s1. The van der Waals surface area contributed by atoms with Crippen LogP contribution in [0.15, 0.2) is 24.7 Å². The Balaban J connectivity index is 1.52. The highest BCUT2D eigenvalue weighted by molar-refractivity contribution is 5.99. The average Bonchev–Trinajstić information content (AvgIpc) is 3.12. The number of morpholine rings is 1. The van der Waals surface area contributed by atoms with Crippen LogP contribution in [-0.4, -0.2) is 87.0 Å². The topological polar surface area (TPSA) is 83.2 Å². The van der Waals surface area contributed by atoms with E-state index in [1.807, 2.05) is 0 Å². The van der Waals surface area contributed by atoms with Crippen molar-refractivity contribution in [1.82, 2.24) is 24.4 Å². The molecule has 26 heavy (non-hydrogen) atoms. The summed E-state index contributed by atoms with van der Waals surface area (Å²) in [6.07, 6.45) is 7.16. The maximum Gasteiger partial charge on any atom is 0.259 e. The summed E-state index contributed by atoms with van der Waals surface area (Å²) < 4.78 is 7.02. The van der Waals surface area contributed by atoms with E-state index in [4.69, 9.17) is 4.74 Å². The monoisotopic (exact) mass is 359 g/mol. The van der Waals surface area contributed by atoms with Gasteiger partial charge in [0.2, 0.25) is 0 Å². The number of aromatic nitrogens is 3. The number of carbonyl (C=O) groups excluding carboxylic acids is 1. The minimum absolute atomic E-state index is 0.0786. The number of nitrogens with zero attached hydrogens (tertiary/aromatic N) is 5. The summed E-state index contributed by atoms with van der Waals surface area (Å²) in [6, 6.07) is 1.65. The van der Waals surface area contributed by atoms with Gasteiger partial charge in [-0.2, -0.15) is 5.10 Å². The molecule has 2 fully saturated rings. The van der Waals surface area contributed by atoms with Gasteiger partial charge in [-0.05, 0) is 25.3 Å². The Labute approximate surface area is 152 Å². The quantitative estimate of drug-likeness (QED) is 0.855. The van der Waals surface area contributed by atoms with Gasteiger partial charge in [0.05, 0.1) is 31.6 Å². The van der Waals surface area contributed by atoms with Crippen molar-refractivity contribution >= 4 is 11.6 Å². The number of aliphatic hydroxyl groups excluding tert-OH is 1. The second kappa shape index (κ2) is 7.30. The lowest BCUT2D eigenvalue weighted by Crippen LogP contribution is -2.58. The van der Waals surface area contributed by atoms with Crippen LogP contribution in [0.25, 0.3) is 5.65 Å². The van der Waals surface area contributed by atoms with Crippen LogP contribution in [0.5, 0.6) is 0 Å². The van der Waals surface area contributed by atoms with Gasteiger partial charge in [0.1, 0.15) is 5.56 Å². The van der Waals surface area contributed by atoms with Gasteiger partial charge in [-0.25, -0.2) is 9.50 Å². The number of hydrogen-bond donors (Lipinski definition) is 1. The van der Waals surface area contributed by atoms with E-state index in [9.17, 15) is 9.90 Å². The van der Waals surface area contributed by atoms with E-state index in [1.54, 1.807) is 41.1 Å². The molecule has 1 saturated heterocycles. The molecule has 2 aromatic rings. The van der Waals surface area contributed by atoms with Crippen molar-refractivity contribution in [2.24, 2.45) is 0 Å². The zero-order valence-electron chi connectivity index (χ0n) is 15.0. The largest absolute Gasteiger partial charge is 0.389 e. The third-order valence-electron chi connectivity index (χ3n) is 5.63. The van der Waals surface area contributed by atoms with E-state index in [2.05, 4.69) is 15.0 Å². The molecule has 1 aliphatic carbocycles. The Kier molecular flexibility index (Phi) is 4.88. The van der Waals surface area contributed by atoms with Gasteiger partial charge in [-0.15, -0.1) is 0 Å². The van der Waals surface area contributed by atoms with Gasteiger partial charge in [-0.1, -0.05) is 0 Å². The molecule has 3 atom stereocenters. The fraction of sp³-hybridized carbons (Fsp3) is 0.611. The summed E-state index contributed by atoms with van der Waals surface area (Å²) in [6.45, 7) is 3.08. The molecular formula is C18H25N5O3. The summed E-state index contributed by atoms with van der Waals surface area (Å²) in [5.41, 5.74) is 1.01. The first-order valence-corrected chi connectivity index (χ1v) is 9.22. The normalized spacial score (nSPS) is 27.5. The number of aliphatic hydroxyl groups is 1. The number of amides is 1. The zero-order valence-corrected chi connectivity index (χ0v) is 15.0. The second-order valence-corrected chi connectivity index (χ2v) is 7.07. The van der Waals surface area contributed by atoms with Gasteiger partial charge in [0, 0.05) is 38.6 Å². The first-order chi connectivity index (χ1) is 12.7. The van der Waals surface area contributed by atoms with Crippen LogP contribution >= 0.6 is 0 Å². The van der Waals surface area contributed by atoms with Gasteiger partial charge in [-0.3, -0.25) is 9.69 Å². The van der Waals surface area contributed by atoms with Crippen LogP contribution in [0.2, 0.25) is 0 Å². The maximum atomic E-state index is 13.0. The van der Waals surface area contributed by atoms with Gasteiger partial charge in [0.25, 0.3) is 5.91 Å². The Morgan fingerprint density at radius 2 is 2.15 bits per heavy atom. The summed E-state index contributed by atoms with van der Waals surface area (Å²) in [5, 5.41) is 15.2. The van der Waals surface area contributed by atoms with Crippen LogP contribution in [0.1, 0.15) is 29.6 Å². The molecule has 1 saturated carbocycles.